The van der Waals surface area contributed by atoms with Crippen molar-refractivity contribution < 1.29 is 0 Å². The summed E-state index contributed by atoms with van der Waals surface area (Å²) < 4.78 is 1.76. The molecule has 0 aliphatic carbocycles. The quantitative estimate of drug-likeness (QED) is 0.740. The summed E-state index contributed by atoms with van der Waals surface area (Å²) in [6, 6.07) is 0. The SMILES string of the molecule is CCNc1nn(C)c(C)c1Cl. The standard InChI is InChI=1S/C7H12ClN3/c1-4-9-7-6(8)5(2)11(3)10-7/h4H2,1-3H3,(H,9,10). The van der Waals surface area contributed by atoms with E-state index >= 15 is 0 Å². The second-order valence-corrected chi connectivity index (χ2v) is 2.78. The molecule has 0 aliphatic rings. The van der Waals surface area contributed by atoms with Gasteiger partial charge in [-0.1, -0.05) is 11.6 Å². The Bertz CT molecular complexity index is 254. The molecular weight excluding hydrogens is 162 g/mol. The van der Waals surface area contributed by atoms with Gasteiger partial charge in [0.05, 0.1) is 5.69 Å². The van der Waals surface area contributed by atoms with Crippen LogP contribution in [-0.2, 0) is 7.05 Å². The maximum absolute atomic E-state index is 5.95. The van der Waals surface area contributed by atoms with Crippen molar-refractivity contribution in [3.05, 3.63) is 10.7 Å². The summed E-state index contributed by atoms with van der Waals surface area (Å²) in [7, 11) is 1.88. The van der Waals surface area contributed by atoms with Crippen molar-refractivity contribution in [2.24, 2.45) is 7.05 Å². The van der Waals surface area contributed by atoms with Gasteiger partial charge in [-0.2, -0.15) is 5.10 Å². The summed E-state index contributed by atoms with van der Waals surface area (Å²) in [5.74, 6) is 0.772. The van der Waals surface area contributed by atoms with E-state index in [9.17, 15) is 0 Å². The number of halogens is 1. The Labute approximate surface area is 71.4 Å². The molecule has 1 aromatic rings. The molecule has 0 amide bonds. The van der Waals surface area contributed by atoms with E-state index in [2.05, 4.69) is 10.4 Å². The highest BCUT2D eigenvalue weighted by Gasteiger charge is 2.08. The highest BCUT2D eigenvalue weighted by molar-refractivity contribution is 6.33. The molecule has 0 aromatic carbocycles. The molecule has 0 aliphatic heterocycles. The summed E-state index contributed by atoms with van der Waals surface area (Å²) in [6.07, 6.45) is 0. The Morgan fingerprint density at radius 1 is 1.64 bits per heavy atom. The van der Waals surface area contributed by atoms with Gasteiger partial charge in [0.2, 0.25) is 0 Å². The first-order chi connectivity index (χ1) is 5.16. The fraction of sp³-hybridized carbons (Fsp3) is 0.571. The summed E-state index contributed by atoms with van der Waals surface area (Å²) in [5.41, 5.74) is 0.989. The van der Waals surface area contributed by atoms with Crippen LogP contribution < -0.4 is 5.32 Å². The number of anilines is 1. The first kappa shape index (κ1) is 8.40. The molecule has 1 rings (SSSR count). The third-order valence-electron chi connectivity index (χ3n) is 1.61. The summed E-state index contributed by atoms with van der Waals surface area (Å²) in [5, 5.41) is 7.96. The minimum atomic E-state index is 0.717. The lowest BCUT2D eigenvalue weighted by atomic mass is 10.4. The van der Waals surface area contributed by atoms with Crippen molar-refractivity contribution in [2.75, 3.05) is 11.9 Å². The van der Waals surface area contributed by atoms with Gasteiger partial charge < -0.3 is 5.32 Å². The van der Waals surface area contributed by atoms with E-state index in [0.717, 1.165) is 18.1 Å². The lowest BCUT2D eigenvalue weighted by Crippen LogP contribution is -1.98. The van der Waals surface area contributed by atoms with Crippen LogP contribution in [0.1, 0.15) is 12.6 Å². The molecule has 4 heteroatoms. The van der Waals surface area contributed by atoms with Gasteiger partial charge in [0, 0.05) is 13.6 Å². The van der Waals surface area contributed by atoms with Crippen LogP contribution in [0.4, 0.5) is 5.82 Å². The fourth-order valence-corrected chi connectivity index (χ4v) is 1.09. The smallest absolute Gasteiger partial charge is 0.167 e. The van der Waals surface area contributed by atoms with Crippen molar-refractivity contribution in [1.29, 1.82) is 0 Å². The molecule has 3 nitrogen and oxygen atoms in total. The molecular formula is C7H12ClN3. The van der Waals surface area contributed by atoms with Crippen LogP contribution in [0, 0.1) is 6.92 Å². The molecule has 62 valence electrons. The zero-order chi connectivity index (χ0) is 8.43. The van der Waals surface area contributed by atoms with E-state index in [1.807, 2.05) is 20.9 Å². The van der Waals surface area contributed by atoms with Crippen molar-refractivity contribution in [2.45, 2.75) is 13.8 Å². The molecule has 1 aromatic heterocycles. The van der Waals surface area contributed by atoms with Crippen LogP contribution in [0.2, 0.25) is 5.02 Å². The van der Waals surface area contributed by atoms with Crippen LogP contribution in [0.5, 0.6) is 0 Å². The summed E-state index contributed by atoms with van der Waals surface area (Å²) in [4.78, 5) is 0. The number of rotatable bonds is 2. The van der Waals surface area contributed by atoms with Gasteiger partial charge in [0.1, 0.15) is 5.02 Å². The van der Waals surface area contributed by atoms with Crippen molar-refractivity contribution in [3.63, 3.8) is 0 Å². The van der Waals surface area contributed by atoms with Crippen molar-refractivity contribution >= 4 is 17.4 Å². The van der Waals surface area contributed by atoms with E-state index in [1.54, 1.807) is 4.68 Å². The highest BCUT2D eigenvalue weighted by atomic mass is 35.5. The molecule has 0 saturated carbocycles. The monoisotopic (exact) mass is 173 g/mol. The number of aromatic nitrogens is 2. The van der Waals surface area contributed by atoms with Crippen molar-refractivity contribution in [3.8, 4) is 0 Å². The maximum atomic E-state index is 5.95. The first-order valence-electron chi connectivity index (χ1n) is 3.59. The van der Waals surface area contributed by atoms with Crippen molar-refractivity contribution in [1.82, 2.24) is 9.78 Å². The fourth-order valence-electron chi connectivity index (χ4n) is 0.863. The van der Waals surface area contributed by atoms with Gasteiger partial charge in [-0.3, -0.25) is 4.68 Å². The van der Waals surface area contributed by atoms with Crippen LogP contribution in [0.3, 0.4) is 0 Å². The van der Waals surface area contributed by atoms with E-state index in [-0.39, 0.29) is 0 Å². The average molecular weight is 174 g/mol. The summed E-state index contributed by atoms with van der Waals surface area (Å²) >= 11 is 5.95. The largest absolute Gasteiger partial charge is 0.368 e. The van der Waals surface area contributed by atoms with Crippen LogP contribution in [-0.4, -0.2) is 16.3 Å². The predicted molar refractivity (Wildman–Crippen MR) is 47.1 cm³/mol. The second-order valence-electron chi connectivity index (χ2n) is 2.40. The molecule has 11 heavy (non-hydrogen) atoms. The average Bonchev–Trinajstić information content (AvgIpc) is 2.19. The summed E-state index contributed by atoms with van der Waals surface area (Å²) in [6.45, 7) is 4.80. The number of aryl methyl sites for hydroxylation is 1. The maximum Gasteiger partial charge on any atom is 0.167 e. The minimum absolute atomic E-state index is 0.717. The molecule has 1 heterocycles. The Morgan fingerprint density at radius 2 is 2.27 bits per heavy atom. The lowest BCUT2D eigenvalue weighted by molar-refractivity contribution is 0.741. The molecule has 0 spiro atoms. The third kappa shape index (κ3) is 1.48. The topological polar surface area (TPSA) is 29.9 Å². The van der Waals surface area contributed by atoms with E-state index in [0.29, 0.717) is 5.02 Å². The molecule has 1 N–H and O–H groups in total. The van der Waals surface area contributed by atoms with Crippen LogP contribution in [0.25, 0.3) is 0 Å². The van der Waals surface area contributed by atoms with Crippen LogP contribution >= 0.6 is 11.6 Å². The molecule has 0 atom stereocenters. The third-order valence-corrected chi connectivity index (χ3v) is 2.06. The van der Waals surface area contributed by atoms with Gasteiger partial charge in [0.25, 0.3) is 0 Å². The van der Waals surface area contributed by atoms with Gasteiger partial charge in [0.15, 0.2) is 5.82 Å². The zero-order valence-corrected chi connectivity index (χ0v) is 7.74. The van der Waals surface area contributed by atoms with E-state index in [4.69, 9.17) is 11.6 Å². The molecule has 0 bridgehead atoms. The van der Waals surface area contributed by atoms with Gasteiger partial charge in [-0.15, -0.1) is 0 Å². The molecule has 0 radical (unpaired) electrons. The van der Waals surface area contributed by atoms with Crippen LogP contribution in [0.15, 0.2) is 0 Å². The molecule has 0 fully saturated rings. The number of hydrogen-bond donors (Lipinski definition) is 1. The second kappa shape index (κ2) is 3.13. The highest BCUT2D eigenvalue weighted by Crippen LogP contribution is 2.23. The normalized spacial score (nSPS) is 10.2. The molecule has 0 unspecified atom stereocenters. The van der Waals surface area contributed by atoms with Gasteiger partial charge in [-0.05, 0) is 13.8 Å². The van der Waals surface area contributed by atoms with Gasteiger partial charge in [-0.25, -0.2) is 0 Å². The Hall–Kier alpha value is -0.700. The predicted octanol–water partition coefficient (Wildman–Crippen LogP) is 1.81. The van der Waals surface area contributed by atoms with Gasteiger partial charge >= 0.3 is 0 Å². The molecule has 0 saturated heterocycles. The Balaban J connectivity index is 2.98. The van der Waals surface area contributed by atoms with E-state index in [1.165, 1.54) is 0 Å². The van der Waals surface area contributed by atoms with E-state index < -0.39 is 0 Å². The number of nitrogens with zero attached hydrogens (tertiary/aromatic N) is 2. The zero-order valence-electron chi connectivity index (χ0n) is 6.98. The Kier molecular flexibility index (Phi) is 2.39. The minimum Gasteiger partial charge on any atom is -0.368 e. The first-order valence-corrected chi connectivity index (χ1v) is 3.97. The Morgan fingerprint density at radius 3 is 2.64 bits per heavy atom. The number of hydrogen-bond acceptors (Lipinski definition) is 2. The lowest BCUT2D eigenvalue weighted by Gasteiger charge is -1.95. The number of nitrogens with one attached hydrogen (secondary N) is 1.